The lowest BCUT2D eigenvalue weighted by atomic mass is 9.67. The molecule has 0 spiro atoms. The van der Waals surface area contributed by atoms with Crippen LogP contribution >= 0.6 is 0 Å². The third-order valence-electron chi connectivity index (χ3n) is 4.23. The van der Waals surface area contributed by atoms with Crippen molar-refractivity contribution in [3.05, 3.63) is 0 Å². The monoisotopic (exact) mass is 335 g/mol. The van der Waals surface area contributed by atoms with Crippen LogP contribution < -0.4 is 0 Å². The number of hydrogen-bond acceptors (Lipinski definition) is 3. The van der Waals surface area contributed by atoms with Crippen molar-refractivity contribution in [2.45, 2.75) is 99.2 Å². The van der Waals surface area contributed by atoms with Crippen LogP contribution in [0, 0.1) is 10.8 Å². The van der Waals surface area contributed by atoms with Crippen LogP contribution in [0.1, 0.15) is 92.9 Å². The normalized spacial score (nSPS) is 12.1. The molecule has 0 rings (SSSR count). The summed E-state index contributed by atoms with van der Waals surface area (Å²) in [5.41, 5.74) is -0.329. The van der Waals surface area contributed by atoms with Crippen LogP contribution in [-0.2, 0) is 14.4 Å². The molecule has 24 heavy (non-hydrogen) atoms. The molecule has 0 aromatic rings. The van der Waals surface area contributed by atoms with Gasteiger partial charge < -0.3 is 4.79 Å². The molecule has 0 saturated carbocycles. The van der Waals surface area contributed by atoms with Crippen molar-refractivity contribution < 1.29 is 14.4 Å². The van der Waals surface area contributed by atoms with E-state index in [9.17, 15) is 14.4 Å². The fourth-order valence-electron chi connectivity index (χ4n) is 2.31. The highest BCUT2D eigenvalue weighted by atomic mass is 16.1. The van der Waals surface area contributed by atoms with Crippen LogP contribution in [0.5, 0.6) is 0 Å². The summed E-state index contributed by atoms with van der Waals surface area (Å²) >= 11 is 0. The summed E-state index contributed by atoms with van der Waals surface area (Å²) in [5.74, 6) is 0.580. The van der Waals surface area contributed by atoms with Crippen LogP contribution in [0.4, 0.5) is 0 Å². The zero-order valence-electron chi connectivity index (χ0n) is 16.7. The van der Waals surface area contributed by atoms with E-state index in [-0.39, 0.29) is 22.3 Å². The molecule has 0 saturated heterocycles. The van der Waals surface area contributed by atoms with Gasteiger partial charge in [-0.25, -0.2) is 0 Å². The second-order valence-corrected chi connectivity index (χ2v) is 8.82. The minimum absolute atomic E-state index is 0.184. The first-order chi connectivity index (χ1) is 10.9. The lowest BCUT2D eigenvalue weighted by Crippen LogP contribution is -2.19. The molecule has 3 nitrogen and oxygen atoms in total. The van der Waals surface area contributed by atoms with Crippen molar-refractivity contribution in [1.29, 1.82) is 0 Å². The molecular formula is C20H36BO3. The highest BCUT2D eigenvalue weighted by Gasteiger charge is 2.20. The van der Waals surface area contributed by atoms with E-state index >= 15 is 0 Å². The zero-order valence-corrected chi connectivity index (χ0v) is 16.7. The molecule has 0 aromatic heterocycles. The van der Waals surface area contributed by atoms with Crippen LogP contribution in [0.25, 0.3) is 0 Å². The van der Waals surface area contributed by atoms with Crippen molar-refractivity contribution in [1.82, 2.24) is 0 Å². The van der Waals surface area contributed by atoms with Crippen molar-refractivity contribution in [3.63, 3.8) is 0 Å². The van der Waals surface area contributed by atoms with Gasteiger partial charge in [0, 0.05) is 23.7 Å². The molecule has 0 bridgehead atoms. The van der Waals surface area contributed by atoms with Crippen LogP contribution in [0.15, 0.2) is 0 Å². The van der Waals surface area contributed by atoms with Crippen LogP contribution in [0.2, 0.25) is 6.32 Å². The minimum Gasteiger partial charge on any atom is -0.312 e. The standard InChI is InChI=1S/C20H36BO3/c1-19(2,3)16(22)12-8-7-11-15-21-18(24)14-10-9-13-17(23)20(4,5)6/h7-15H2,1-6H3. The number of Topliss-reactive ketones (excluding diaryl/α,β-unsaturated/α-hetero) is 2. The number of rotatable bonds is 12. The van der Waals surface area contributed by atoms with Crippen LogP contribution in [-0.4, -0.2) is 24.5 Å². The summed E-state index contributed by atoms with van der Waals surface area (Å²) in [4.78, 5) is 35.3. The molecule has 0 aliphatic carbocycles. The molecular weight excluding hydrogens is 299 g/mol. The topological polar surface area (TPSA) is 51.2 Å². The average Bonchev–Trinajstić information content (AvgIpc) is 2.44. The highest BCUT2D eigenvalue weighted by Crippen LogP contribution is 2.19. The van der Waals surface area contributed by atoms with Gasteiger partial charge in [0.25, 0.3) is 0 Å². The molecule has 0 aromatic carbocycles. The number of hydrogen-bond donors (Lipinski definition) is 0. The van der Waals surface area contributed by atoms with E-state index in [4.69, 9.17) is 0 Å². The molecule has 137 valence electrons. The van der Waals surface area contributed by atoms with Crippen molar-refractivity contribution in [2.24, 2.45) is 10.8 Å². The summed E-state index contributed by atoms with van der Waals surface area (Å²) in [7, 11) is 1.77. The van der Waals surface area contributed by atoms with Gasteiger partial charge >= 0.3 is 0 Å². The van der Waals surface area contributed by atoms with Gasteiger partial charge in [-0.2, -0.15) is 0 Å². The molecule has 0 N–H and O–H groups in total. The number of ketones is 2. The predicted octanol–water partition coefficient (Wildman–Crippen LogP) is 4.99. The molecule has 0 fully saturated rings. The second kappa shape index (κ2) is 10.8. The Bertz CT molecular complexity index is 414. The van der Waals surface area contributed by atoms with Crippen molar-refractivity contribution in [3.8, 4) is 0 Å². The Kier molecular flexibility index (Phi) is 10.4. The molecule has 0 unspecified atom stereocenters. The van der Waals surface area contributed by atoms with E-state index in [0.29, 0.717) is 25.0 Å². The Hall–Kier alpha value is -0.925. The maximum absolute atomic E-state index is 11.8. The fraction of sp³-hybridized carbons (Fsp3) is 0.850. The third-order valence-corrected chi connectivity index (χ3v) is 4.23. The fourth-order valence-corrected chi connectivity index (χ4v) is 2.31. The summed E-state index contributed by atoms with van der Waals surface area (Å²) in [5, 5.41) is 0. The third kappa shape index (κ3) is 11.6. The molecule has 0 aliphatic rings. The van der Waals surface area contributed by atoms with Crippen molar-refractivity contribution >= 4 is 24.5 Å². The highest BCUT2D eigenvalue weighted by molar-refractivity contribution is 6.73. The maximum atomic E-state index is 11.8. The van der Waals surface area contributed by atoms with Crippen LogP contribution in [0.3, 0.4) is 0 Å². The first kappa shape index (κ1) is 23.1. The Balaban J connectivity index is 3.58. The Morgan fingerprint density at radius 1 is 0.625 bits per heavy atom. The largest absolute Gasteiger partial charge is 0.312 e. The zero-order chi connectivity index (χ0) is 18.8. The van der Waals surface area contributed by atoms with Gasteiger partial charge in [-0.3, -0.25) is 9.59 Å². The predicted molar refractivity (Wildman–Crippen MR) is 101 cm³/mol. The first-order valence-corrected chi connectivity index (χ1v) is 9.37. The second-order valence-electron chi connectivity index (χ2n) is 8.82. The van der Waals surface area contributed by atoms with E-state index in [0.717, 1.165) is 38.4 Å². The average molecular weight is 335 g/mol. The summed E-state index contributed by atoms with van der Waals surface area (Å²) < 4.78 is 0. The van der Waals surface area contributed by atoms with Gasteiger partial charge in [0.15, 0.2) is 0 Å². The van der Waals surface area contributed by atoms with E-state index < -0.39 is 0 Å². The molecule has 0 heterocycles. The molecule has 0 aliphatic heterocycles. The lowest BCUT2D eigenvalue weighted by Gasteiger charge is -2.16. The minimum atomic E-state index is -0.273. The Morgan fingerprint density at radius 3 is 1.50 bits per heavy atom. The number of unbranched alkanes of at least 4 members (excludes halogenated alkanes) is 3. The van der Waals surface area contributed by atoms with E-state index in [2.05, 4.69) is 0 Å². The first-order valence-electron chi connectivity index (χ1n) is 9.37. The quantitative estimate of drug-likeness (QED) is 0.373. The van der Waals surface area contributed by atoms with E-state index in [1.807, 2.05) is 41.5 Å². The van der Waals surface area contributed by atoms with E-state index in [1.165, 1.54) is 0 Å². The Labute approximate surface area is 149 Å². The molecule has 4 heteroatoms. The number of carbonyl (C=O) groups excluding carboxylic acids is 3. The summed E-state index contributed by atoms with van der Waals surface area (Å²) in [6, 6.07) is 0. The van der Waals surface area contributed by atoms with Gasteiger partial charge in [0.05, 0.1) is 5.68 Å². The molecule has 0 amide bonds. The maximum Gasteiger partial charge on any atom is 0.202 e. The van der Waals surface area contributed by atoms with Gasteiger partial charge in [-0.1, -0.05) is 60.7 Å². The molecule has 0 atom stereocenters. The van der Waals surface area contributed by atoms with Gasteiger partial charge in [0.2, 0.25) is 7.28 Å². The van der Waals surface area contributed by atoms with Gasteiger partial charge in [0.1, 0.15) is 11.6 Å². The van der Waals surface area contributed by atoms with Crippen molar-refractivity contribution in [2.75, 3.05) is 0 Å². The Morgan fingerprint density at radius 2 is 1.04 bits per heavy atom. The summed E-state index contributed by atoms with van der Waals surface area (Å²) in [6.45, 7) is 11.7. The van der Waals surface area contributed by atoms with Gasteiger partial charge in [-0.05, 0) is 25.7 Å². The SMILES string of the molecule is CC(C)(C)C(=O)CCCCC[B]C(=O)CCCCC(=O)C(C)(C)C. The molecule has 1 radical (unpaired) electrons. The smallest absolute Gasteiger partial charge is 0.202 e. The van der Waals surface area contributed by atoms with Gasteiger partial charge in [-0.15, -0.1) is 0 Å². The van der Waals surface area contributed by atoms with E-state index in [1.54, 1.807) is 7.28 Å². The lowest BCUT2D eigenvalue weighted by molar-refractivity contribution is -0.127. The number of carbonyl (C=O) groups is 3. The summed E-state index contributed by atoms with van der Waals surface area (Å²) in [6.07, 6.45) is 6.99.